The number of hydrogen-bond acceptors (Lipinski definition) is 6. The third-order valence-electron chi connectivity index (χ3n) is 4.08. The van der Waals surface area contributed by atoms with E-state index in [1.54, 1.807) is 28.7 Å². The molecule has 5 nitrogen and oxygen atoms in total. The Kier molecular flexibility index (Phi) is 5.27. The van der Waals surface area contributed by atoms with Gasteiger partial charge in [-0.3, -0.25) is 4.79 Å². The Bertz CT molecular complexity index is 872. The summed E-state index contributed by atoms with van der Waals surface area (Å²) in [5.74, 6) is -0.0995. The summed E-state index contributed by atoms with van der Waals surface area (Å²) < 4.78 is 0. The van der Waals surface area contributed by atoms with Gasteiger partial charge >= 0.3 is 0 Å². The highest BCUT2D eigenvalue weighted by atomic mass is 32.1. The van der Waals surface area contributed by atoms with Crippen LogP contribution in [0, 0.1) is 6.92 Å². The Morgan fingerprint density at radius 2 is 2.00 bits per heavy atom. The van der Waals surface area contributed by atoms with Gasteiger partial charge in [0, 0.05) is 24.5 Å². The van der Waals surface area contributed by atoms with Crippen molar-refractivity contribution in [1.82, 2.24) is 14.9 Å². The predicted octanol–water partition coefficient (Wildman–Crippen LogP) is 3.87. The van der Waals surface area contributed by atoms with Gasteiger partial charge in [-0.15, -0.1) is 22.7 Å². The van der Waals surface area contributed by atoms with Crippen LogP contribution in [0.25, 0.3) is 10.6 Å². The molecule has 0 fully saturated rings. The molecule has 1 amide bonds. The number of aryl methyl sites for hydroxylation is 1. The molecule has 1 atom stereocenters. The van der Waals surface area contributed by atoms with Crippen LogP contribution in [0.1, 0.15) is 39.0 Å². The van der Waals surface area contributed by atoms with Gasteiger partial charge in [0.15, 0.2) is 0 Å². The molecular formula is C18H20N4OS2. The van der Waals surface area contributed by atoms with Gasteiger partial charge < -0.3 is 10.6 Å². The smallest absolute Gasteiger partial charge is 0.273 e. The van der Waals surface area contributed by atoms with Gasteiger partial charge in [-0.1, -0.05) is 30.3 Å². The van der Waals surface area contributed by atoms with Crippen LogP contribution in [-0.2, 0) is 6.54 Å². The van der Waals surface area contributed by atoms with Crippen LogP contribution >= 0.6 is 22.7 Å². The zero-order chi connectivity index (χ0) is 18.0. The fourth-order valence-corrected chi connectivity index (χ4v) is 4.35. The zero-order valence-electron chi connectivity index (χ0n) is 14.4. The maximum Gasteiger partial charge on any atom is 0.273 e. The molecule has 2 aromatic heterocycles. The van der Waals surface area contributed by atoms with Crippen LogP contribution < -0.4 is 5.73 Å². The molecule has 1 aromatic carbocycles. The van der Waals surface area contributed by atoms with E-state index in [-0.39, 0.29) is 11.9 Å². The largest absolute Gasteiger partial charge is 0.333 e. The van der Waals surface area contributed by atoms with Gasteiger partial charge in [0.25, 0.3) is 5.91 Å². The normalized spacial score (nSPS) is 12.2. The van der Waals surface area contributed by atoms with E-state index in [9.17, 15) is 4.79 Å². The van der Waals surface area contributed by atoms with E-state index in [0.29, 0.717) is 12.2 Å². The van der Waals surface area contributed by atoms with E-state index in [0.717, 1.165) is 26.1 Å². The number of nitrogens with zero attached hydrogens (tertiary/aromatic N) is 3. The van der Waals surface area contributed by atoms with Crippen LogP contribution in [0.15, 0.2) is 35.7 Å². The number of carbonyl (C=O) groups is 1. The first-order chi connectivity index (χ1) is 12.0. The lowest BCUT2D eigenvalue weighted by atomic mass is 10.2. The molecule has 2 heterocycles. The summed E-state index contributed by atoms with van der Waals surface area (Å²) in [4.78, 5) is 24.5. The topological polar surface area (TPSA) is 72.1 Å². The lowest BCUT2D eigenvalue weighted by Crippen LogP contribution is -2.29. The second kappa shape index (κ2) is 7.43. The molecule has 0 aliphatic carbocycles. The average molecular weight is 373 g/mol. The summed E-state index contributed by atoms with van der Waals surface area (Å²) in [5.41, 5.74) is 8.08. The molecule has 130 valence electrons. The highest BCUT2D eigenvalue weighted by molar-refractivity contribution is 7.15. The molecule has 0 radical (unpaired) electrons. The van der Waals surface area contributed by atoms with Crippen LogP contribution in [0.3, 0.4) is 0 Å². The maximum atomic E-state index is 12.7. The lowest BCUT2D eigenvalue weighted by Gasteiger charge is -2.23. The Morgan fingerprint density at radius 1 is 1.28 bits per heavy atom. The predicted molar refractivity (Wildman–Crippen MR) is 103 cm³/mol. The number of benzene rings is 1. The van der Waals surface area contributed by atoms with E-state index in [4.69, 9.17) is 5.73 Å². The van der Waals surface area contributed by atoms with Crippen molar-refractivity contribution in [3.8, 4) is 10.6 Å². The standard InChI is InChI=1S/C18H20N4OS2/c1-11-16(25-17(20-11)13-7-5-4-6-8-13)12(2)22(3)18(23)14-10-24-15(9-19)21-14/h4-8,10,12H,9,19H2,1-3H3. The summed E-state index contributed by atoms with van der Waals surface area (Å²) in [5, 5.41) is 3.51. The number of amides is 1. The number of aromatic nitrogens is 2. The molecule has 0 spiro atoms. The summed E-state index contributed by atoms with van der Waals surface area (Å²) in [7, 11) is 1.80. The summed E-state index contributed by atoms with van der Waals surface area (Å²) in [6, 6.07) is 10.0. The summed E-state index contributed by atoms with van der Waals surface area (Å²) in [6.45, 7) is 4.36. The maximum absolute atomic E-state index is 12.7. The van der Waals surface area contributed by atoms with E-state index in [1.165, 1.54) is 11.3 Å². The fourth-order valence-electron chi connectivity index (χ4n) is 2.54. The van der Waals surface area contributed by atoms with Crippen molar-refractivity contribution in [2.75, 3.05) is 7.05 Å². The average Bonchev–Trinajstić information content (AvgIpc) is 3.27. The Labute approximate surface area is 155 Å². The third kappa shape index (κ3) is 3.63. The van der Waals surface area contributed by atoms with Crippen LogP contribution in [0.2, 0.25) is 0 Å². The first-order valence-electron chi connectivity index (χ1n) is 7.95. The second-order valence-corrected chi connectivity index (χ2v) is 7.73. The molecule has 1 unspecified atom stereocenters. The van der Waals surface area contributed by atoms with Crippen LogP contribution in [-0.4, -0.2) is 27.8 Å². The fraction of sp³-hybridized carbons (Fsp3) is 0.278. The lowest BCUT2D eigenvalue weighted by molar-refractivity contribution is 0.0739. The van der Waals surface area contributed by atoms with E-state index >= 15 is 0 Å². The van der Waals surface area contributed by atoms with Crippen LogP contribution in [0.5, 0.6) is 0 Å². The number of thiazole rings is 2. The second-order valence-electron chi connectivity index (χ2n) is 5.76. The van der Waals surface area contributed by atoms with Gasteiger partial charge in [0.05, 0.1) is 16.6 Å². The monoisotopic (exact) mass is 372 g/mol. The molecule has 25 heavy (non-hydrogen) atoms. The zero-order valence-corrected chi connectivity index (χ0v) is 16.0. The van der Waals surface area contributed by atoms with Crippen LogP contribution in [0.4, 0.5) is 0 Å². The highest BCUT2D eigenvalue weighted by Gasteiger charge is 2.24. The third-order valence-corrected chi connectivity index (χ3v) is 6.33. The number of carbonyl (C=O) groups excluding carboxylic acids is 1. The molecular weight excluding hydrogens is 352 g/mol. The Hall–Kier alpha value is -2.09. The van der Waals surface area contributed by atoms with Crippen molar-refractivity contribution in [2.24, 2.45) is 5.73 Å². The first kappa shape index (κ1) is 17.7. The van der Waals surface area contributed by atoms with Crippen molar-refractivity contribution >= 4 is 28.6 Å². The summed E-state index contributed by atoms with van der Waals surface area (Å²) in [6.07, 6.45) is 0. The molecule has 7 heteroatoms. The molecule has 0 aliphatic rings. The van der Waals surface area contributed by atoms with E-state index in [1.807, 2.05) is 44.2 Å². The molecule has 0 saturated heterocycles. The van der Waals surface area contributed by atoms with Crippen molar-refractivity contribution in [2.45, 2.75) is 26.4 Å². The van der Waals surface area contributed by atoms with Gasteiger partial charge in [-0.2, -0.15) is 0 Å². The molecule has 0 aliphatic heterocycles. The molecule has 3 aromatic rings. The van der Waals surface area contributed by atoms with Gasteiger partial charge in [0.2, 0.25) is 0 Å². The minimum absolute atomic E-state index is 0.0783. The van der Waals surface area contributed by atoms with Gasteiger partial charge in [-0.25, -0.2) is 9.97 Å². The molecule has 3 rings (SSSR count). The van der Waals surface area contributed by atoms with E-state index in [2.05, 4.69) is 9.97 Å². The first-order valence-corrected chi connectivity index (χ1v) is 9.65. The SMILES string of the molecule is Cc1nc(-c2ccccc2)sc1C(C)N(C)C(=O)c1csc(CN)n1. The van der Waals surface area contributed by atoms with Crippen molar-refractivity contribution in [3.05, 3.63) is 57.0 Å². The number of hydrogen-bond donors (Lipinski definition) is 1. The molecule has 2 N–H and O–H groups in total. The van der Waals surface area contributed by atoms with Crippen molar-refractivity contribution in [1.29, 1.82) is 0 Å². The van der Waals surface area contributed by atoms with Crippen molar-refractivity contribution < 1.29 is 4.79 Å². The Balaban J connectivity index is 1.83. The van der Waals surface area contributed by atoms with E-state index < -0.39 is 0 Å². The Morgan fingerprint density at radius 3 is 2.64 bits per heavy atom. The van der Waals surface area contributed by atoms with Crippen molar-refractivity contribution in [3.63, 3.8) is 0 Å². The quantitative estimate of drug-likeness (QED) is 0.738. The summed E-state index contributed by atoms with van der Waals surface area (Å²) >= 11 is 3.04. The highest BCUT2D eigenvalue weighted by Crippen LogP contribution is 2.34. The minimum atomic E-state index is -0.0995. The molecule has 0 saturated carbocycles. The van der Waals surface area contributed by atoms with Gasteiger partial charge in [0.1, 0.15) is 15.7 Å². The number of nitrogens with two attached hydrogens (primary N) is 1. The number of rotatable bonds is 5. The van der Waals surface area contributed by atoms with Gasteiger partial charge in [-0.05, 0) is 13.8 Å². The minimum Gasteiger partial charge on any atom is -0.333 e. The molecule has 0 bridgehead atoms.